The van der Waals surface area contributed by atoms with Crippen molar-refractivity contribution >= 4 is 22.4 Å². The third kappa shape index (κ3) is 3.76. The van der Waals surface area contributed by atoms with Crippen LogP contribution < -0.4 is 11.1 Å². The smallest absolute Gasteiger partial charge is 0.254 e. The van der Waals surface area contributed by atoms with Gasteiger partial charge in [-0.05, 0) is 12.1 Å². The molecule has 0 saturated heterocycles. The lowest BCUT2D eigenvalue weighted by Gasteiger charge is -2.07. The van der Waals surface area contributed by atoms with E-state index >= 15 is 0 Å². The van der Waals surface area contributed by atoms with Gasteiger partial charge < -0.3 is 11.1 Å². The molecule has 1 aromatic carbocycles. The van der Waals surface area contributed by atoms with Crippen LogP contribution in [0.3, 0.4) is 0 Å². The van der Waals surface area contributed by atoms with Crippen molar-refractivity contribution in [2.45, 2.75) is 6.92 Å². The highest BCUT2D eigenvalue weighted by Crippen LogP contribution is 2.17. The molecule has 7 heteroatoms. The van der Waals surface area contributed by atoms with Crippen LogP contribution in [0.1, 0.15) is 17.3 Å². The summed E-state index contributed by atoms with van der Waals surface area (Å²) >= 11 is 0. The fourth-order valence-electron chi connectivity index (χ4n) is 1.29. The molecule has 0 aliphatic carbocycles. The van der Waals surface area contributed by atoms with Gasteiger partial charge in [-0.25, -0.2) is 8.78 Å². The number of carbonyl (C=O) groups excluding carboxylic acids is 1. The number of rotatable bonds is 5. The summed E-state index contributed by atoms with van der Waals surface area (Å²) in [6.45, 7) is 1.89. The second-order valence-electron chi connectivity index (χ2n) is 3.55. The van der Waals surface area contributed by atoms with E-state index in [0.29, 0.717) is 5.75 Å². The number of hydrogen-bond acceptors (Lipinski definition) is 3. The Morgan fingerprint density at radius 1 is 1.44 bits per heavy atom. The van der Waals surface area contributed by atoms with Crippen LogP contribution in [0.25, 0.3) is 0 Å². The predicted octanol–water partition coefficient (Wildman–Crippen LogP) is 1.05. The molecular weight excluding hydrogens is 262 g/mol. The minimum atomic E-state index is -1.02. The minimum absolute atomic E-state index is 0.134. The Labute approximate surface area is 106 Å². The van der Waals surface area contributed by atoms with Gasteiger partial charge in [0, 0.05) is 28.9 Å². The molecule has 0 radical (unpaired) electrons. The zero-order chi connectivity index (χ0) is 13.7. The van der Waals surface area contributed by atoms with Crippen LogP contribution in [0.15, 0.2) is 12.1 Å². The summed E-state index contributed by atoms with van der Waals surface area (Å²) in [6, 6.07) is 1.58. The number of benzene rings is 1. The largest absolute Gasteiger partial charge is 0.396 e. The normalized spacial score (nSPS) is 12.2. The van der Waals surface area contributed by atoms with E-state index in [4.69, 9.17) is 5.73 Å². The summed E-state index contributed by atoms with van der Waals surface area (Å²) in [5, 5.41) is 2.37. The summed E-state index contributed by atoms with van der Waals surface area (Å²) < 4.78 is 37.6. The van der Waals surface area contributed by atoms with Crippen molar-refractivity contribution < 1.29 is 17.8 Å². The monoisotopic (exact) mass is 276 g/mol. The second-order valence-corrected chi connectivity index (χ2v) is 5.41. The molecule has 4 nitrogen and oxygen atoms in total. The predicted molar refractivity (Wildman–Crippen MR) is 66.7 cm³/mol. The molecule has 0 aliphatic heterocycles. The van der Waals surface area contributed by atoms with E-state index in [1.54, 1.807) is 6.92 Å². The van der Waals surface area contributed by atoms with E-state index in [-0.39, 0.29) is 12.3 Å². The van der Waals surface area contributed by atoms with Crippen molar-refractivity contribution in [3.63, 3.8) is 0 Å². The van der Waals surface area contributed by atoms with Crippen molar-refractivity contribution in [3.05, 3.63) is 29.3 Å². The van der Waals surface area contributed by atoms with Gasteiger partial charge in [0.25, 0.3) is 5.91 Å². The average molecular weight is 276 g/mol. The number of nitrogen functional groups attached to an aromatic ring is 1. The Kier molecular flexibility index (Phi) is 5.21. The molecule has 0 aliphatic rings. The second kappa shape index (κ2) is 6.44. The van der Waals surface area contributed by atoms with Crippen LogP contribution in [-0.2, 0) is 10.8 Å². The molecule has 1 rings (SSSR count). The van der Waals surface area contributed by atoms with Crippen LogP contribution in [0, 0.1) is 11.6 Å². The Bertz CT molecular complexity index is 480. The summed E-state index contributed by atoms with van der Waals surface area (Å²) in [7, 11) is -1.02. The maximum Gasteiger partial charge on any atom is 0.254 e. The van der Waals surface area contributed by atoms with Crippen molar-refractivity contribution in [1.82, 2.24) is 5.32 Å². The Hall–Kier alpha value is -1.50. The molecule has 0 aromatic heterocycles. The standard InChI is InChI=1S/C11H14F2N2O2S/c1-2-18(17)4-3-15-11(16)8-5-7(12)6-9(14)10(8)13/h5-6H,2-4,14H2,1H3,(H,15,16). The molecule has 1 unspecified atom stereocenters. The van der Waals surface area contributed by atoms with Crippen molar-refractivity contribution in [2.75, 3.05) is 23.8 Å². The fourth-order valence-corrected chi connectivity index (χ4v) is 1.91. The Balaban J connectivity index is 2.70. The number of hydrogen-bond donors (Lipinski definition) is 2. The van der Waals surface area contributed by atoms with Gasteiger partial charge in [-0.3, -0.25) is 9.00 Å². The van der Waals surface area contributed by atoms with E-state index in [1.165, 1.54) is 0 Å². The fraction of sp³-hybridized carbons (Fsp3) is 0.364. The summed E-state index contributed by atoms with van der Waals surface area (Å²) in [5.41, 5.74) is 4.35. The van der Waals surface area contributed by atoms with Crippen LogP contribution in [-0.4, -0.2) is 28.2 Å². The molecule has 100 valence electrons. The number of anilines is 1. The van der Waals surface area contributed by atoms with Gasteiger partial charge in [-0.1, -0.05) is 6.92 Å². The van der Waals surface area contributed by atoms with E-state index in [2.05, 4.69) is 5.32 Å². The van der Waals surface area contributed by atoms with Gasteiger partial charge >= 0.3 is 0 Å². The first-order chi connectivity index (χ1) is 8.45. The first kappa shape index (κ1) is 14.6. The Morgan fingerprint density at radius 3 is 2.72 bits per heavy atom. The average Bonchev–Trinajstić information content (AvgIpc) is 2.33. The van der Waals surface area contributed by atoms with Gasteiger partial charge in [0.05, 0.1) is 11.3 Å². The highest BCUT2D eigenvalue weighted by atomic mass is 32.2. The molecular formula is C11H14F2N2O2S. The molecule has 0 heterocycles. The van der Waals surface area contributed by atoms with Gasteiger partial charge in [0.2, 0.25) is 0 Å². The van der Waals surface area contributed by atoms with Gasteiger partial charge in [0.1, 0.15) is 5.82 Å². The SMILES string of the molecule is CCS(=O)CCNC(=O)c1cc(F)cc(N)c1F. The molecule has 1 amide bonds. The Morgan fingerprint density at radius 2 is 2.11 bits per heavy atom. The highest BCUT2D eigenvalue weighted by Gasteiger charge is 2.15. The van der Waals surface area contributed by atoms with Crippen LogP contribution >= 0.6 is 0 Å². The van der Waals surface area contributed by atoms with Crippen molar-refractivity contribution in [3.8, 4) is 0 Å². The maximum absolute atomic E-state index is 13.5. The molecule has 0 fully saturated rings. The maximum atomic E-state index is 13.5. The summed E-state index contributed by atoms with van der Waals surface area (Å²) in [6.07, 6.45) is 0. The van der Waals surface area contributed by atoms with E-state index in [1.807, 2.05) is 0 Å². The molecule has 1 aromatic rings. The third-order valence-electron chi connectivity index (χ3n) is 2.25. The zero-order valence-corrected chi connectivity index (χ0v) is 10.7. The van der Waals surface area contributed by atoms with Crippen LogP contribution in [0.2, 0.25) is 0 Å². The number of halogens is 2. The topological polar surface area (TPSA) is 72.2 Å². The van der Waals surface area contributed by atoms with Gasteiger partial charge in [-0.2, -0.15) is 0 Å². The van der Waals surface area contributed by atoms with Crippen LogP contribution in [0.4, 0.5) is 14.5 Å². The molecule has 18 heavy (non-hydrogen) atoms. The molecule has 1 atom stereocenters. The first-order valence-corrected chi connectivity index (χ1v) is 6.82. The third-order valence-corrected chi connectivity index (χ3v) is 3.55. The van der Waals surface area contributed by atoms with Gasteiger partial charge in [0.15, 0.2) is 5.82 Å². The van der Waals surface area contributed by atoms with Crippen molar-refractivity contribution in [2.24, 2.45) is 0 Å². The molecule has 0 bridgehead atoms. The summed E-state index contributed by atoms with van der Waals surface area (Å²) in [4.78, 5) is 11.6. The summed E-state index contributed by atoms with van der Waals surface area (Å²) in [5.74, 6) is -1.75. The van der Waals surface area contributed by atoms with Crippen LogP contribution in [0.5, 0.6) is 0 Å². The lowest BCUT2D eigenvalue weighted by Crippen LogP contribution is -2.29. The molecule has 0 spiro atoms. The minimum Gasteiger partial charge on any atom is -0.396 e. The van der Waals surface area contributed by atoms with E-state index in [0.717, 1.165) is 12.1 Å². The molecule has 0 saturated carbocycles. The van der Waals surface area contributed by atoms with Crippen molar-refractivity contribution in [1.29, 1.82) is 0 Å². The zero-order valence-electron chi connectivity index (χ0n) is 9.83. The van der Waals surface area contributed by atoms with Gasteiger partial charge in [-0.15, -0.1) is 0 Å². The first-order valence-electron chi connectivity index (χ1n) is 5.33. The number of nitrogens with two attached hydrogens (primary N) is 1. The lowest BCUT2D eigenvalue weighted by molar-refractivity contribution is 0.0951. The van der Waals surface area contributed by atoms with E-state index < -0.39 is 39.6 Å². The number of nitrogens with one attached hydrogen (secondary N) is 1. The highest BCUT2D eigenvalue weighted by molar-refractivity contribution is 7.84. The quantitative estimate of drug-likeness (QED) is 0.789. The lowest BCUT2D eigenvalue weighted by atomic mass is 10.1. The van der Waals surface area contributed by atoms with E-state index in [9.17, 15) is 17.8 Å². The number of carbonyl (C=O) groups is 1. The number of amides is 1. The molecule has 3 N–H and O–H groups in total.